The summed E-state index contributed by atoms with van der Waals surface area (Å²) >= 11 is 10.6. The molecule has 0 bridgehead atoms. The van der Waals surface area contributed by atoms with Crippen LogP contribution in [0.5, 0.6) is 0 Å². The maximum absolute atomic E-state index is 13.1. The molecule has 1 fully saturated rings. The van der Waals surface area contributed by atoms with Crippen molar-refractivity contribution >= 4 is 38.8 Å². The van der Waals surface area contributed by atoms with Crippen molar-refractivity contribution in [3.05, 3.63) is 29.0 Å². The van der Waals surface area contributed by atoms with Gasteiger partial charge in [-0.1, -0.05) is 23.8 Å². The Hall–Kier alpha value is -0.760. The first-order valence-electron chi connectivity index (χ1n) is 5.58. The minimum absolute atomic E-state index is 0.0496. The molecule has 1 aromatic carbocycles. The Morgan fingerprint density at radius 3 is 2.68 bits per heavy atom. The second kappa shape index (κ2) is 5.32. The highest BCUT2D eigenvalue weighted by atomic mass is 35.5. The molecule has 0 heterocycles. The second-order valence-corrected chi connectivity index (χ2v) is 6.97. The summed E-state index contributed by atoms with van der Waals surface area (Å²) in [5.74, 6) is -0.567. The fraction of sp³-hybridized carbons (Fsp3) is 0.364. The Morgan fingerprint density at radius 1 is 1.53 bits per heavy atom. The van der Waals surface area contributed by atoms with Crippen molar-refractivity contribution < 1.29 is 12.8 Å². The lowest BCUT2D eigenvalue weighted by atomic mass is 10.2. The van der Waals surface area contributed by atoms with Gasteiger partial charge in [0.25, 0.3) is 0 Å². The summed E-state index contributed by atoms with van der Waals surface area (Å²) in [6.07, 6.45) is 1.73. The lowest BCUT2D eigenvalue weighted by Crippen LogP contribution is -2.45. The number of thiocarbonyl (C=S) groups is 1. The molecule has 19 heavy (non-hydrogen) atoms. The predicted molar refractivity (Wildman–Crippen MR) is 75.0 cm³/mol. The molecule has 1 aliphatic carbocycles. The van der Waals surface area contributed by atoms with Gasteiger partial charge < -0.3 is 5.73 Å². The van der Waals surface area contributed by atoms with E-state index in [0.29, 0.717) is 0 Å². The third kappa shape index (κ3) is 3.42. The van der Waals surface area contributed by atoms with Crippen molar-refractivity contribution in [1.82, 2.24) is 4.72 Å². The lowest BCUT2D eigenvalue weighted by molar-refractivity contribution is 0.562. The molecule has 0 amide bonds. The van der Waals surface area contributed by atoms with Gasteiger partial charge in [0.05, 0.1) is 16.1 Å². The monoisotopic (exact) mass is 322 g/mol. The standard InChI is InChI=1S/C11H12ClFN2O2S2/c12-8-4-3-7(13)5-9(8)19(16,17)15-10(11(14)18)6-1-2-6/h3-6,10,15H,1-2H2,(H2,14,18). The van der Waals surface area contributed by atoms with Gasteiger partial charge in [0.1, 0.15) is 10.7 Å². The topological polar surface area (TPSA) is 72.2 Å². The maximum Gasteiger partial charge on any atom is 0.242 e. The first-order valence-corrected chi connectivity index (χ1v) is 7.85. The fourth-order valence-corrected chi connectivity index (χ4v) is 3.85. The molecule has 0 aromatic heterocycles. The van der Waals surface area contributed by atoms with Gasteiger partial charge in [0.15, 0.2) is 0 Å². The average molecular weight is 323 g/mol. The van der Waals surface area contributed by atoms with Crippen molar-refractivity contribution in [3.63, 3.8) is 0 Å². The zero-order chi connectivity index (χ0) is 14.2. The smallest absolute Gasteiger partial charge is 0.242 e. The molecule has 2 rings (SSSR count). The molecule has 0 radical (unpaired) electrons. The van der Waals surface area contributed by atoms with Crippen LogP contribution in [0.1, 0.15) is 12.8 Å². The molecule has 1 saturated carbocycles. The third-order valence-corrected chi connectivity index (χ3v) is 5.04. The van der Waals surface area contributed by atoms with Crippen LogP contribution in [0, 0.1) is 11.7 Å². The first-order chi connectivity index (χ1) is 8.81. The number of sulfonamides is 1. The highest BCUT2D eigenvalue weighted by Crippen LogP contribution is 2.34. The lowest BCUT2D eigenvalue weighted by Gasteiger charge is -2.17. The quantitative estimate of drug-likeness (QED) is 0.811. The largest absolute Gasteiger partial charge is 0.392 e. The number of halogens is 2. The van der Waals surface area contributed by atoms with Crippen LogP contribution in [0.2, 0.25) is 5.02 Å². The van der Waals surface area contributed by atoms with E-state index in [1.165, 1.54) is 6.07 Å². The van der Waals surface area contributed by atoms with Crippen LogP contribution < -0.4 is 10.5 Å². The van der Waals surface area contributed by atoms with Gasteiger partial charge in [0, 0.05) is 0 Å². The van der Waals surface area contributed by atoms with E-state index < -0.39 is 21.9 Å². The SMILES string of the molecule is NC(=S)C(NS(=O)(=O)c1cc(F)ccc1Cl)C1CC1. The summed E-state index contributed by atoms with van der Waals surface area (Å²) in [4.78, 5) is -0.227. The highest BCUT2D eigenvalue weighted by Gasteiger charge is 2.36. The first kappa shape index (κ1) is 14.6. The Morgan fingerprint density at radius 2 is 2.16 bits per heavy atom. The number of nitrogens with two attached hydrogens (primary N) is 1. The highest BCUT2D eigenvalue weighted by molar-refractivity contribution is 7.89. The molecule has 1 unspecified atom stereocenters. The summed E-state index contributed by atoms with van der Waals surface area (Å²) in [5, 5.41) is -0.0496. The van der Waals surface area contributed by atoms with E-state index in [2.05, 4.69) is 4.72 Å². The van der Waals surface area contributed by atoms with Crippen molar-refractivity contribution in [2.45, 2.75) is 23.8 Å². The van der Waals surface area contributed by atoms with E-state index in [9.17, 15) is 12.8 Å². The molecule has 4 nitrogen and oxygen atoms in total. The number of rotatable bonds is 5. The third-order valence-electron chi connectivity index (χ3n) is 2.86. The Kier molecular flexibility index (Phi) is 4.10. The molecule has 0 saturated heterocycles. The summed E-state index contributed by atoms with van der Waals surface area (Å²) in [6.45, 7) is 0. The van der Waals surface area contributed by atoms with E-state index in [1.807, 2.05) is 0 Å². The van der Waals surface area contributed by atoms with E-state index >= 15 is 0 Å². The Bertz CT molecular complexity index is 617. The Balaban J connectivity index is 2.31. The van der Waals surface area contributed by atoms with E-state index in [-0.39, 0.29) is 20.8 Å². The minimum atomic E-state index is -3.95. The van der Waals surface area contributed by atoms with Crippen LogP contribution in [0.25, 0.3) is 0 Å². The number of nitrogens with one attached hydrogen (secondary N) is 1. The van der Waals surface area contributed by atoms with Crippen LogP contribution in [-0.4, -0.2) is 19.4 Å². The maximum atomic E-state index is 13.1. The molecular weight excluding hydrogens is 311 g/mol. The molecule has 0 spiro atoms. The fourth-order valence-electron chi connectivity index (χ4n) is 1.73. The van der Waals surface area contributed by atoms with Crippen LogP contribution >= 0.6 is 23.8 Å². The molecule has 1 aliphatic rings. The van der Waals surface area contributed by atoms with Gasteiger partial charge in [-0.2, -0.15) is 0 Å². The summed E-state index contributed by atoms with van der Waals surface area (Å²) in [6, 6.07) is 2.54. The molecule has 8 heteroatoms. The molecule has 0 aliphatic heterocycles. The van der Waals surface area contributed by atoms with Gasteiger partial charge >= 0.3 is 0 Å². The van der Waals surface area contributed by atoms with Crippen molar-refractivity contribution in [2.75, 3.05) is 0 Å². The van der Waals surface area contributed by atoms with Crippen molar-refractivity contribution in [1.29, 1.82) is 0 Å². The Labute approximate surface area is 121 Å². The molecule has 104 valence electrons. The average Bonchev–Trinajstić information content (AvgIpc) is 3.13. The minimum Gasteiger partial charge on any atom is -0.392 e. The zero-order valence-electron chi connectivity index (χ0n) is 9.77. The van der Waals surface area contributed by atoms with Gasteiger partial charge in [-0.25, -0.2) is 17.5 Å². The van der Waals surface area contributed by atoms with Gasteiger partial charge in [-0.3, -0.25) is 0 Å². The number of hydrogen-bond acceptors (Lipinski definition) is 3. The molecular formula is C11H12ClFN2O2S2. The van der Waals surface area contributed by atoms with Gasteiger partial charge in [-0.05, 0) is 37.0 Å². The molecule has 3 N–H and O–H groups in total. The van der Waals surface area contributed by atoms with Crippen LogP contribution in [0.4, 0.5) is 4.39 Å². The summed E-state index contributed by atoms with van der Waals surface area (Å²) in [5.41, 5.74) is 5.53. The van der Waals surface area contributed by atoms with Gasteiger partial charge in [0.2, 0.25) is 10.0 Å². The van der Waals surface area contributed by atoms with E-state index in [1.54, 1.807) is 0 Å². The number of benzene rings is 1. The second-order valence-electron chi connectivity index (χ2n) is 4.41. The van der Waals surface area contributed by atoms with E-state index in [4.69, 9.17) is 29.6 Å². The normalized spacial score (nSPS) is 17.2. The summed E-state index contributed by atoms with van der Waals surface area (Å²) < 4.78 is 39.9. The predicted octanol–water partition coefficient (Wildman–Crippen LogP) is 1.82. The zero-order valence-corrected chi connectivity index (χ0v) is 12.2. The summed E-state index contributed by atoms with van der Waals surface area (Å²) in [7, 11) is -3.95. The van der Waals surface area contributed by atoms with Gasteiger partial charge in [-0.15, -0.1) is 0 Å². The van der Waals surface area contributed by atoms with E-state index in [0.717, 1.165) is 25.0 Å². The molecule has 1 aromatic rings. The van der Waals surface area contributed by atoms with Crippen molar-refractivity contribution in [2.24, 2.45) is 11.7 Å². The van der Waals surface area contributed by atoms with Crippen molar-refractivity contribution in [3.8, 4) is 0 Å². The molecule has 1 atom stereocenters. The number of hydrogen-bond donors (Lipinski definition) is 2. The van der Waals surface area contributed by atoms with Crippen LogP contribution in [0.15, 0.2) is 23.1 Å². The van der Waals surface area contributed by atoms with Crippen LogP contribution in [0.3, 0.4) is 0 Å². The van der Waals surface area contributed by atoms with Crippen LogP contribution in [-0.2, 0) is 10.0 Å².